The maximum Gasteiger partial charge on any atom is 0.161 e. The van der Waals surface area contributed by atoms with Gasteiger partial charge in [0.1, 0.15) is 5.70 Å². The standard InChI is InChI=1S/C89H57N5/c1-7-19-59(20-8-1)67-36-49-83-77(53-67)78-54-68(60-21-9-2-10-22-60)37-50-84(78)92(83)72-40-31-63(32-41-72)71-35-45-75-76-46-44-74(94-85-51-38-69(61-23-11-3-12-24-61)55-79(85)80-56-70(39-52-86(80)94)62-25-13-4-14-26-62)58-88(76)93(87(75)57-71)73-42-33-65(34-43-73)82-48-47-81(64-27-15-5-16-28-64)90-89(91-82)66-29-17-6-18-30-66/h1-47,49-58H. The van der Waals surface area contributed by atoms with E-state index in [4.69, 9.17) is 9.98 Å². The second-order valence-corrected chi connectivity index (χ2v) is 24.2. The molecule has 1 aliphatic heterocycles. The zero-order chi connectivity index (χ0) is 62.1. The number of benzene rings is 14. The van der Waals surface area contributed by atoms with Crippen LogP contribution in [0.2, 0.25) is 0 Å². The van der Waals surface area contributed by atoms with Gasteiger partial charge in [-0.05, 0) is 147 Å². The van der Waals surface area contributed by atoms with Gasteiger partial charge in [0.15, 0.2) is 5.84 Å². The summed E-state index contributed by atoms with van der Waals surface area (Å²) >= 11 is 0. The van der Waals surface area contributed by atoms with Crippen LogP contribution >= 0.6 is 0 Å². The largest absolute Gasteiger partial charge is 0.309 e. The van der Waals surface area contributed by atoms with E-state index in [-0.39, 0.29) is 0 Å². The molecule has 5 heteroatoms. The van der Waals surface area contributed by atoms with Crippen molar-refractivity contribution in [2.75, 3.05) is 0 Å². The Bertz CT molecular complexity index is 5740. The van der Waals surface area contributed by atoms with Crippen LogP contribution < -0.4 is 0 Å². The van der Waals surface area contributed by atoms with Gasteiger partial charge in [0.25, 0.3) is 0 Å². The molecule has 0 saturated carbocycles. The maximum absolute atomic E-state index is 5.24. The van der Waals surface area contributed by atoms with Gasteiger partial charge >= 0.3 is 0 Å². The molecule has 438 valence electrons. The molecule has 0 aliphatic carbocycles. The van der Waals surface area contributed by atoms with E-state index < -0.39 is 0 Å². The predicted molar refractivity (Wildman–Crippen MR) is 394 cm³/mol. The summed E-state index contributed by atoms with van der Waals surface area (Å²) in [4.78, 5) is 10.4. The van der Waals surface area contributed by atoms with Crippen LogP contribution in [0.1, 0.15) is 16.7 Å². The molecular formula is C89H57N5. The summed E-state index contributed by atoms with van der Waals surface area (Å²) in [5, 5.41) is 7.18. The highest BCUT2D eigenvalue weighted by molar-refractivity contribution is 6.19. The van der Waals surface area contributed by atoms with Crippen LogP contribution in [0.5, 0.6) is 0 Å². The van der Waals surface area contributed by atoms with Crippen molar-refractivity contribution >= 4 is 82.7 Å². The topological polar surface area (TPSA) is 39.5 Å². The Kier molecular flexibility index (Phi) is 13.1. The first-order chi connectivity index (χ1) is 46.6. The van der Waals surface area contributed by atoms with Crippen molar-refractivity contribution in [2.45, 2.75) is 0 Å². The lowest BCUT2D eigenvalue weighted by atomic mass is 10.0. The second-order valence-electron chi connectivity index (χ2n) is 24.2. The van der Waals surface area contributed by atoms with Crippen LogP contribution in [0.15, 0.2) is 362 Å². The van der Waals surface area contributed by atoms with Crippen LogP contribution in [0.4, 0.5) is 0 Å². The summed E-state index contributed by atoms with van der Waals surface area (Å²) in [5.41, 5.74) is 29.8. The first-order valence-corrected chi connectivity index (χ1v) is 32.0. The van der Waals surface area contributed by atoms with Gasteiger partial charge in [-0.25, -0.2) is 9.98 Å². The number of rotatable bonds is 11. The van der Waals surface area contributed by atoms with Gasteiger partial charge < -0.3 is 13.7 Å². The van der Waals surface area contributed by atoms with Crippen LogP contribution in [0.25, 0.3) is 144 Å². The molecule has 1 aliphatic rings. The number of fused-ring (bicyclic) bond motifs is 9. The molecule has 0 fully saturated rings. The molecule has 18 rings (SSSR count). The maximum atomic E-state index is 5.24. The lowest BCUT2D eigenvalue weighted by molar-refractivity contribution is 1.15. The predicted octanol–water partition coefficient (Wildman–Crippen LogP) is 22.8. The third-order valence-electron chi connectivity index (χ3n) is 18.7. The highest BCUT2D eigenvalue weighted by Crippen LogP contribution is 2.43. The SMILES string of the molecule is C1=CC(c2ccccc2)=NC(c2ccccc2)=NC=1c1ccc(-n2c3cc(-c4ccc(-n5c6ccc(-c7ccccc7)cc6c6cc(-c7ccccc7)ccc65)cc4)ccc3c3ccc(-n4c5ccc(-c6ccccc6)cc5c5cc(-c6ccccc6)ccc54)cc32)cc1. The Hall–Kier alpha value is -12.7. The van der Waals surface area contributed by atoms with Gasteiger partial charge in [-0.15, -0.1) is 0 Å². The molecule has 17 aromatic rings. The van der Waals surface area contributed by atoms with E-state index in [2.05, 4.69) is 323 Å². The van der Waals surface area contributed by atoms with Gasteiger partial charge in [-0.1, -0.05) is 254 Å². The summed E-state index contributed by atoms with van der Waals surface area (Å²) in [6, 6.07) is 123. The molecule has 0 atom stereocenters. The zero-order valence-electron chi connectivity index (χ0n) is 51.1. The molecule has 4 heterocycles. The van der Waals surface area contributed by atoms with E-state index in [1.165, 1.54) is 82.5 Å². The van der Waals surface area contributed by atoms with E-state index in [1.54, 1.807) is 0 Å². The third-order valence-corrected chi connectivity index (χ3v) is 18.7. The first-order valence-electron chi connectivity index (χ1n) is 32.0. The molecule has 5 nitrogen and oxygen atoms in total. The Morgan fingerprint density at radius 1 is 0.202 bits per heavy atom. The molecule has 0 radical (unpaired) electrons. The van der Waals surface area contributed by atoms with Crippen molar-refractivity contribution in [3.8, 4) is 72.7 Å². The number of nitrogens with zero attached hydrogens (tertiary/aromatic N) is 5. The van der Waals surface area contributed by atoms with E-state index in [1.807, 2.05) is 42.5 Å². The average Bonchev–Trinajstić information content (AvgIpc) is 1.58. The molecule has 94 heavy (non-hydrogen) atoms. The highest BCUT2D eigenvalue weighted by Gasteiger charge is 2.21. The molecule has 3 aromatic heterocycles. The Labute approximate surface area is 544 Å². The summed E-state index contributed by atoms with van der Waals surface area (Å²) in [6.45, 7) is 0. The summed E-state index contributed by atoms with van der Waals surface area (Å²) in [5.74, 6) is 0.637. The fraction of sp³-hybridized carbons (Fsp3) is 0. The molecule has 0 unspecified atom stereocenters. The summed E-state index contributed by atoms with van der Waals surface area (Å²) < 4.78 is 7.32. The zero-order valence-corrected chi connectivity index (χ0v) is 51.1. The quantitative estimate of drug-likeness (QED) is 0.116. The number of allylic oxidation sites excluding steroid dienone is 1. The molecule has 0 saturated heterocycles. The Balaban J connectivity index is 0.795. The number of hydrogen-bond donors (Lipinski definition) is 0. The minimum Gasteiger partial charge on any atom is -0.309 e. The van der Waals surface area contributed by atoms with Gasteiger partial charge in [-0.2, -0.15) is 0 Å². The van der Waals surface area contributed by atoms with Crippen molar-refractivity contribution in [3.05, 3.63) is 368 Å². The highest BCUT2D eigenvalue weighted by atomic mass is 15.0. The van der Waals surface area contributed by atoms with Gasteiger partial charge in [-0.3, -0.25) is 0 Å². The molecule has 0 amide bonds. The minimum atomic E-state index is 0.637. The Morgan fingerprint density at radius 3 is 0.947 bits per heavy atom. The van der Waals surface area contributed by atoms with E-state index in [0.717, 1.165) is 78.0 Å². The van der Waals surface area contributed by atoms with Crippen molar-refractivity contribution in [1.82, 2.24) is 13.7 Å². The molecule has 14 aromatic carbocycles. The van der Waals surface area contributed by atoms with Crippen molar-refractivity contribution < 1.29 is 0 Å². The lowest BCUT2D eigenvalue weighted by Gasteiger charge is -2.13. The number of aromatic nitrogens is 3. The van der Waals surface area contributed by atoms with E-state index in [0.29, 0.717) is 11.5 Å². The molecular weight excluding hydrogens is 1140 g/mol. The Morgan fingerprint density at radius 2 is 0.511 bits per heavy atom. The smallest absolute Gasteiger partial charge is 0.161 e. The number of hydrogen-bond acceptors (Lipinski definition) is 2. The van der Waals surface area contributed by atoms with Crippen LogP contribution in [0, 0.1) is 0 Å². The average molecular weight is 1200 g/mol. The van der Waals surface area contributed by atoms with Crippen LogP contribution in [0.3, 0.4) is 0 Å². The normalized spacial score (nSPS) is 12.4. The lowest BCUT2D eigenvalue weighted by Crippen LogP contribution is -2.03. The molecule has 0 N–H and O–H groups in total. The summed E-state index contributed by atoms with van der Waals surface area (Å²) in [6.07, 6.45) is 1.96. The van der Waals surface area contributed by atoms with Crippen LogP contribution in [-0.2, 0) is 0 Å². The second kappa shape index (κ2) is 22.7. The fourth-order valence-corrected chi connectivity index (χ4v) is 14.1. The third kappa shape index (κ3) is 9.50. The first kappa shape index (κ1) is 54.3. The van der Waals surface area contributed by atoms with Gasteiger partial charge in [0, 0.05) is 72.1 Å². The fourth-order valence-electron chi connectivity index (χ4n) is 14.1. The van der Waals surface area contributed by atoms with E-state index >= 15 is 0 Å². The van der Waals surface area contributed by atoms with Gasteiger partial charge in [0.2, 0.25) is 0 Å². The number of amidine groups is 1. The van der Waals surface area contributed by atoms with Gasteiger partial charge in [0.05, 0.1) is 38.8 Å². The van der Waals surface area contributed by atoms with Crippen molar-refractivity contribution in [1.29, 1.82) is 0 Å². The van der Waals surface area contributed by atoms with Crippen LogP contribution in [-0.4, -0.2) is 25.2 Å². The van der Waals surface area contributed by atoms with Crippen molar-refractivity contribution in [2.24, 2.45) is 9.98 Å². The molecule has 0 spiro atoms. The monoisotopic (exact) mass is 1200 g/mol. The number of aliphatic imine (C=N–C) groups is 2. The summed E-state index contributed by atoms with van der Waals surface area (Å²) in [7, 11) is 0. The van der Waals surface area contributed by atoms with E-state index in [9.17, 15) is 0 Å². The van der Waals surface area contributed by atoms with Crippen molar-refractivity contribution in [3.63, 3.8) is 0 Å². The molecule has 0 bridgehead atoms. The minimum absolute atomic E-state index is 0.637.